The summed E-state index contributed by atoms with van der Waals surface area (Å²) in [5.41, 5.74) is 0.160. The van der Waals surface area contributed by atoms with E-state index < -0.39 is 5.95 Å². The summed E-state index contributed by atoms with van der Waals surface area (Å²) >= 11 is 0. The second kappa shape index (κ2) is 6.13. The summed E-state index contributed by atoms with van der Waals surface area (Å²) in [6, 6.07) is 4.49. The van der Waals surface area contributed by atoms with Crippen molar-refractivity contribution >= 4 is 5.91 Å². The largest absolute Gasteiger partial charge is 0.348 e. The van der Waals surface area contributed by atoms with Crippen molar-refractivity contribution in [2.75, 3.05) is 0 Å². The zero-order chi connectivity index (χ0) is 13.8. The van der Waals surface area contributed by atoms with Crippen LogP contribution in [-0.2, 0) is 0 Å². The van der Waals surface area contributed by atoms with E-state index in [9.17, 15) is 9.18 Å². The Morgan fingerprint density at radius 3 is 2.79 bits per heavy atom. The van der Waals surface area contributed by atoms with Crippen LogP contribution < -0.4 is 5.32 Å². The Bertz CT molecular complexity index is 448. The molecule has 1 saturated carbocycles. The van der Waals surface area contributed by atoms with Crippen LogP contribution in [0.4, 0.5) is 4.39 Å². The minimum atomic E-state index is -0.614. The van der Waals surface area contributed by atoms with E-state index in [1.807, 2.05) is 0 Å². The van der Waals surface area contributed by atoms with E-state index >= 15 is 0 Å². The molecule has 0 radical (unpaired) electrons. The summed E-state index contributed by atoms with van der Waals surface area (Å²) in [4.78, 5) is 15.7. The Morgan fingerprint density at radius 1 is 1.37 bits per heavy atom. The number of carbonyl (C=O) groups is 1. The molecule has 1 aromatic heterocycles. The molecule has 1 amide bonds. The van der Waals surface area contributed by atoms with Crippen LogP contribution in [-0.4, -0.2) is 16.9 Å². The number of nitrogens with zero attached hydrogens (tertiary/aromatic N) is 1. The SMILES string of the molecule is CC(C)C1CCCCC1NC(=O)c1cccc(F)n1. The molecule has 1 fully saturated rings. The Labute approximate surface area is 113 Å². The molecule has 3 nitrogen and oxygen atoms in total. The van der Waals surface area contributed by atoms with E-state index in [1.165, 1.54) is 18.6 Å². The van der Waals surface area contributed by atoms with Gasteiger partial charge in [-0.05, 0) is 36.8 Å². The predicted molar refractivity (Wildman–Crippen MR) is 72.2 cm³/mol. The lowest BCUT2D eigenvalue weighted by atomic mass is 9.78. The Morgan fingerprint density at radius 2 is 2.11 bits per heavy atom. The molecule has 1 N–H and O–H groups in total. The van der Waals surface area contributed by atoms with Gasteiger partial charge in [0.2, 0.25) is 5.95 Å². The molecule has 2 atom stereocenters. The van der Waals surface area contributed by atoms with Crippen molar-refractivity contribution in [1.29, 1.82) is 0 Å². The Kier molecular flexibility index (Phi) is 4.51. The van der Waals surface area contributed by atoms with Crippen molar-refractivity contribution in [1.82, 2.24) is 10.3 Å². The van der Waals surface area contributed by atoms with Gasteiger partial charge in [-0.25, -0.2) is 4.98 Å². The third kappa shape index (κ3) is 3.52. The predicted octanol–water partition coefficient (Wildman–Crippen LogP) is 3.17. The van der Waals surface area contributed by atoms with E-state index in [1.54, 1.807) is 6.07 Å². The highest BCUT2D eigenvalue weighted by Crippen LogP contribution is 2.30. The number of rotatable bonds is 3. The molecule has 0 bridgehead atoms. The maximum absolute atomic E-state index is 13.0. The van der Waals surface area contributed by atoms with Crippen LogP contribution in [0.15, 0.2) is 18.2 Å². The van der Waals surface area contributed by atoms with Crippen LogP contribution in [0.2, 0.25) is 0 Å². The van der Waals surface area contributed by atoms with E-state index in [-0.39, 0.29) is 17.6 Å². The number of hydrogen-bond acceptors (Lipinski definition) is 2. The van der Waals surface area contributed by atoms with E-state index in [2.05, 4.69) is 24.1 Å². The summed E-state index contributed by atoms with van der Waals surface area (Å²) in [7, 11) is 0. The topological polar surface area (TPSA) is 42.0 Å². The average molecular weight is 264 g/mol. The first-order valence-electron chi connectivity index (χ1n) is 7.01. The molecule has 2 unspecified atom stereocenters. The lowest BCUT2D eigenvalue weighted by molar-refractivity contribution is 0.0883. The van der Waals surface area contributed by atoms with Gasteiger partial charge in [0.15, 0.2) is 0 Å². The normalized spacial score (nSPS) is 23.4. The molecule has 1 aliphatic carbocycles. The van der Waals surface area contributed by atoms with E-state index in [0.29, 0.717) is 11.8 Å². The molecule has 1 aromatic rings. The summed E-state index contributed by atoms with van der Waals surface area (Å²) in [6.07, 6.45) is 4.53. The third-order valence-electron chi connectivity index (χ3n) is 3.94. The van der Waals surface area contributed by atoms with Crippen molar-refractivity contribution < 1.29 is 9.18 Å². The minimum Gasteiger partial charge on any atom is -0.348 e. The van der Waals surface area contributed by atoms with Gasteiger partial charge < -0.3 is 5.32 Å². The van der Waals surface area contributed by atoms with Crippen molar-refractivity contribution in [3.8, 4) is 0 Å². The maximum Gasteiger partial charge on any atom is 0.270 e. The fourth-order valence-electron chi connectivity index (χ4n) is 2.91. The first-order valence-corrected chi connectivity index (χ1v) is 7.01. The average Bonchev–Trinajstić information content (AvgIpc) is 2.39. The molecule has 0 aliphatic heterocycles. The molecule has 4 heteroatoms. The minimum absolute atomic E-state index is 0.160. The molecular formula is C15H21FN2O. The molecule has 1 aliphatic rings. The summed E-state index contributed by atoms with van der Waals surface area (Å²) in [5, 5.41) is 3.03. The number of amides is 1. The van der Waals surface area contributed by atoms with Gasteiger partial charge in [-0.2, -0.15) is 4.39 Å². The zero-order valence-corrected chi connectivity index (χ0v) is 11.5. The van der Waals surface area contributed by atoms with Crippen molar-refractivity contribution in [3.63, 3.8) is 0 Å². The van der Waals surface area contributed by atoms with Crippen LogP contribution in [0.3, 0.4) is 0 Å². The van der Waals surface area contributed by atoms with Gasteiger partial charge in [-0.1, -0.05) is 32.8 Å². The summed E-state index contributed by atoms with van der Waals surface area (Å²) in [5.74, 6) is 0.172. The van der Waals surface area contributed by atoms with Gasteiger partial charge >= 0.3 is 0 Å². The summed E-state index contributed by atoms with van der Waals surface area (Å²) < 4.78 is 13.0. The second-order valence-electron chi connectivity index (χ2n) is 5.62. The van der Waals surface area contributed by atoms with Crippen LogP contribution in [0.1, 0.15) is 50.0 Å². The van der Waals surface area contributed by atoms with Crippen LogP contribution in [0, 0.1) is 17.8 Å². The fraction of sp³-hybridized carbons (Fsp3) is 0.600. The quantitative estimate of drug-likeness (QED) is 0.852. The van der Waals surface area contributed by atoms with Crippen LogP contribution in [0.5, 0.6) is 0 Å². The van der Waals surface area contributed by atoms with Crippen LogP contribution >= 0.6 is 0 Å². The Balaban J connectivity index is 2.04. The molecule has 104 valence electrons. The molecular weight excluding hydrogens is 243 g/mol. The van der Waals surface area contributed by atoms with Crippen molar-refractivity contribution in [3.05, 3.63) is 29.8 Å². The third-order valence-corrected chi connectivity index (χ3v) is 3.94. The fourth-order valence-corrected chi connectivity index (χ4v) is 2.91. The molecule has 1 heterocycles. The number of hydrogen-bond donors (Lipinski definition) is 1. The number of pyridine rings is 1. The molecule has 2 rings (SSSR count). The maximum atomic E-state index is 13.0. The molecule has 0 saturated heterocycles. The zero-order valence-electron chi connectivity index (χ0n) is 11.5. The van der Waals surface area contributed by atoms with Crippen molar-refractivity contribution in [2.45, 2.75) is 45.6 Å². The first kappa shape index (κ1) is 14.0. The number of aromatic nitrogens is 1. The summed E-state index contributed by atoms with van der Waals surface area (Å²) in [6.45, 7) is 4.38. The number of nitrogens with one attached hydrogen (secondary N) is 1. The molecule has 0 spiro atoms. The van der Waals surface area contributed by atoms with Crippen molar-refractivity contribution in [2.24, 2.45) is 11.8 Å². The van der Waals surface area contributed by atoms with E-state index in [4.69, 9.17) is 0 Å². The van der Waals surface area contributed by atoms with Gasteiger partial charge in [0, 0.05) is 6.04 Å². The Hall–Kier alpha value is -1.45. The smallest absolute Gasteiger partial charge is 0.270 e. The monoisotopic (exact) mass is 264 g/mol. The van der Waals surface area contributed by atoms with Gasteiger partial charge in [0.05, 0.1) is 0 Å². The lowest BCUT2D eigenvalue weighted by Crippen LogP contribution is -2.44. The van der Waals surface area contributed by atoms with Crippen LogP contribution in [0.25, 0.3) is 0 Å². The van der Waals surface area contributed by atoms with Gasteiger partial charge in [-0.3, -0.25) is 4.79 Å². The van der Waals surface area contributed by atoms with Gasteiger partial charge in [-0.15, -0.1) is 0 Å². The highest BCUT2D eigenvalue weighted by Gasteiger charge is 2.29. The second-order valence-corrected chi connectivity index (χ2v) is 5.62. The molecule has 19 heavy (non-hydrogen) atoms. The highest BCUT2D eigenvalue weighted by molar-refractivity contribution is 5.92. The number of carbonyl (C=O) groups excluding carboxylic acids is 1. The van der Waals surface area contributed by atoms with E-state index in [0.717, 1.165) is 19.3 Å². The molecule has 0 aromatic carbocycles. The standard InChI is InChI=1S/C15H21FN2O/c1-10(2)11-6-3-4-7-12(11)18-15(19)13-8-5-9-14(16)17-13/h5,8-12H,3-4,6-7H2,1-2H3,(H,18,19). The number of halogens is 1. The lowest BCUT2D eigenvalue weighted by Gasteiger charge is -2.34. The highest BCUT2D eigenvalue weighted by atomic mass is 19.1. The van der Waals surface area contributed by atoms with Gasteiger partial charge in [0.1, 0.15) is 5.69 Å². The van der Waals surface area contributed by atoms with Gasteiger partial charge in [0.25, 0.3) is 5.91 Å². The first-order chi connectivity index (χ1) is 9.08.